The molecule has 3 heteroatoms. The Kier molecular flexibility index (Phi) is 2.67. The van der Waals surface area contributed by atoms with Crippen LogP contribution in [0.5, 0.6) is 0 Å². The first-order valence-corrected chi connectivity index (χ1v) is 6.73. The summed E-state index contributed by atoms with van der Waals surface area (Å²) >= 11 is 0. The molecule has 3 nitrogen and oxygen atoms in total. The van der Waals surface area contributed by atoms with Gasteiger partial charge < -0.3 is 0 Å². The summed E-state index contributed by atoms with van der Waals surface area (Å²) in [6.07, 6.45) is 2.01. The normalized spacial score (nSPS) is 27.3. The van der Waals surface area contributed by atoms with E-state index in [9.17, 15) is 4.79 Å². The maximum Gasteiger partial charge on any atom is 0.243 e. The Morgan fingerprint density at radius 3 is 2.61 bits per heavy atom. The van der Waals surface area contributed by atoms with E-state index in [0.717, 1.165) is 25.9 Å². The average Bonchev–Trinajstić information content (AvgIpc) is 2.80. The van der Waals surface area contributed by atoms with Gasteiger partial charge in [-0.15, -0.1) is 0 Å². The molecule has 0 bridgehead atoms. The zero-order valence-electron chi connectivity index (χ0n) is 11.1. The summed E-state index contributed by atoms with van der Waals surface area (Å²) in [4.78, 5) is 12.6. The third kappa shape index (κ3) is 1.74. The van der Waals surface area contributed by atoms with E-state index >= 15 is 0 Å². The molecule has 2 aliphatic rings. The lowest BCUT2D eigenvalue weighted by molar-refractivity contribution is -0.167. The third-order valence-electron chi connectivity index (χ3n) is 4.23. The van der Waals surface area contributed by atoms with Gasteiger partial charge in [0.2, 0.25) is 5.91 Å². The molecule has 3 rings (SSSR count). The van der Waals surface area contributed by atoms with Gasteiger partial charge in [-0.25, -0.2) is 5.01 Å². The molecule has 18 heavy (non-hydrogen) atoms. The number of hydrogen-bond acceptors (Lipinski definition) is 2. The molecule has 1 amide bonds. The van der Waals surface area contributed by atoms with Crippen LogP contribution in [0.15, 0.2) is 30.3 Å². The van der Waals surface area contributed by atoms with Crippen molar-refractivity contribution < 1.29 is 4.79 Å². The van der Waals surface area contributed by atoms with E-state index in [2.05, 4.69) is 43.1 Å². The number of hydrogen-bond donors (Lipinski definition) is 0. The van der Waals surface area contributed by atoms with E-state index in [-0.39, 0.29) is 17.4 Å². The van der Waals surface area contributed by atoms with E-state index in [4.69, 9.17) is 0 Å². The molecule has 1 aromatic carbocycles. The first-order valence-electron chi connectivity index (χ1n) is 6.73. The lowest BCUT2D eigenvalue weighted by Crippen LogP contribution is -2.54. The summed E-state index contributed by atoms with van der Waals surface area (Å²) in [5.74, 6) is 0.278. The van der Waals surface area contributed by atoms with Gasteiger partial charge in [0.05, 0.1) is 6.04 Å². The van der Waals surface area contributed by atoms with Crippen molar-refractivity contribution in [3.63, 3.8) is 0 Å². The monoisotopic (exact) mass is 244 g/mol. The van der Waals surface area contributed by atoms with Gasteiger partial charge >= 0.3 is 0 Å². The van der Waals surface area contributed by atoms with E-state index in [1.54, 1.807) is 0 Å². The molecule has 2 heterocycles. The van der Waals surface area contributed by atoms with Crippen molar-refractivity contribution in [1.29, 1.82) is 0 Å². The molecular formula is C15H20N2O. The first kappa shape index (κ1) is 11.7. The fraction of sp³-hybridized carbons (Fsp3) is 0.533. The van der Waals surface area contributed by atoms with Gasteiger partial charge in [0.25, 0.3) is 0 Å². The second-order valence-electron chi connectivity index (χ2n) is 5.95. The predicted octanol–water partition coefficient (Wildman–Crippen LogP) is 2.61. The summed E-state index contributed by atoms with van der Waals surface area (Å²) in [5, 5.41) is 4.24. The number of fused-ring (bicyclic) bond motifs is 1. The first-order chi connectivity index (χ1) is 8.59. The summed E-state index contributed by atoms with van der Waals surface area (Å²) in [5.41, 5.74) is 1.04. The smallest absolute Gasteiger partial charge is 0.243 e. The molecule has 0 aromatic heterocycles. The van der Waals surface area contributed by atoms with Gasteiger partial charge in [-0.2, -0.15) is 0 Å². The number of nitrogens with zero attached hydrogens (tertiary/aromatic N) is 2. The second-order valence-corrected chi connectivity index (χ2v) is 5.95. The van der Waals surface area contributed by atoms with E-state index < -0.39 is 0 Å². The molecule has 1 unspecified atom stereocenters. The lowest BCUT2D eigenvalue weighted by Gasteiger charge is -2.43. The van der Waals surface area contributed by atoms with Gasteiger partial charge in [0.15, 0.2) is 0 Å². The molecular weight excluding hydrogens is 224 g/mol. The van der Waals surface area contributed by atoms with Crippen LogP contribution in [0.25, 0.3) is 0 Å². The largest absolute Gasteiger partial charge is 0.273 e. The fourth-order valence-corrected chi connectivity index (χ4v) is 3.00. The van der Waals surface area contributed by atoms with E-state index in [1.807, 2.05) is 11.1 Å². The van der Waals surface area contributed by atoms with E-state index in [1.165, 1.54) is 5.56 Å². The number of carbonyl (C=O) groups excluding carboxylic acids is 1. The van der Waals surface area contributed by atoms with Crippen molar-refractivity contribution in [2.45, 2.75) is 32.7 Å². The summed E-state index contributed by atoms with van der Waals surface area (Å²) in [6, 6.07) is 10.6. The zero-order valence-corrected chi connectivity index (χ0v) is 11.1. The summed E-state index contributed by atoms with van der Waals surface area (Å²) < 4.78 is 0. The Bertz CT molecular complexity index is 455. The maximum absolute atomic E-state index is 12.6. The van der Waals surface area contributed by atoms with Crippen molar-refractivity contribution in [3.8, 4) is 0 Å². The molecule has 0 saturated carbocycles. The molecule has 1 aromatic rings. The zero-order chi connectivity index (χ0) is 12.8. The number of carbonyl (C=O) groups is 1. The molecule has 0 radical (unpaired) electrons. The number of benzene rings is 1. The van der Waals surface area contributed by atoms with Crippen LogP contribution in [0, 0.1) is 5.41 Å². The lowest BCUT2D eigenvalue weighted by atomic mass is 9.86. The SMILES string of the molecule is CC1(C)CCN2CCC(c3ccccc3)N2C1=O. The van der Waals surface area contributed by atoms with Gasteiger partial charge in [-0.05, 0) is 18.4 Å². The van der Waals surface area contributed by atoms with Crippen molar-refractivity contribution in [1.82, 2.24) is 10.0 Å². The average molecular weight is 244 g/mol. The molecule has 0 aliphatic carbocycles. The van der Waals surface area contributed by atoms with Crippen LogP contribution in [0.4, 0.5) is 0 Å². The van der Waals surface area contributed by atoms with Crippen LogP contribution in [0.1, 0.15) is 38.3 Å². The highest BCUT2D eigenvalue weighted by Gasteiger charge is 2.46. The minimum atomic E-state index is -0.214. The Labute approximate surface area is 108 Å². The summed E-state index contributed by atoms with van der Waals surface area (Å²) in [6.45, 7) is 6.13. The van der Waals surface area contributed by atoms with Crippen molar-refractivity contribution in [2.75, 3.05) is 13.1 Å². The molecule has 2 aliphatic heterocycles. The van der Waals surface area contributed by atoms with Crippen LogP contribution in [0.3, 0.4) is 0 Å². The molecule has 1 atom stereocenters. The van der Waals surface area contributed by atoms with Crippen molar-refractivity contribution >= 4 is 5.91 Å². The Balaban J connectivity index is 1.93. The molecule has 2 saturated heterocycles. The minimum absolute atomic E-state index is 0.214. The van der Waals surface area contributed by atoms with E-state index in [0.29, 0.717) is 0 Å². The highest BCUT2D eigenvalue weighted by Crippen LogP contribution is 2.40. The number of rotatable bonds is 1. The van der Waals surface area contributed by atoms with Crippen molar-refractivity contribution in [2.24, 2.45) is 5.41 Å². The Morgan fingerprint density at radius 1 is 1.17 bits per heavy atom. The minimum Gasteiger partial charge on any atom is -0.273 e. The topological polar surface area (TPSA) is 23.6 Å². The maximum atomic E-state index is 12.6. The van der Waals surface area contributed by atoms with Crippen LogP contribution in [-0.2, 0) is 4.79 Å². The van der Waals surface area contributed by atoms with Gasteiger partial charge in [0.1, 0.15) is 0 Å². The van der Waals surface area contributed by atoms with Gasteiger partial charge in [0, 0.05) is 18.5 Å². The van der Waals surface area contributed by atoms with Crippen LogP contribution in [0.2, 0.25) is 0 Å². The molecule has 0 N–H and O–H groups in total. The van der Waals surface area contributed by atoms with Gasteiger partial charge in [-0.3, -0.25) is 9.80 Å². The predicted molar refractivity (Wildman–Crippen MR) is 70.6 cm³/mol. The Morgan fingerprint density at radius 2 is 1.89 bits per heavy atom. The highest BCUT2D eigenvalue weighted by atomic mass is 16.2. The number of amides is 1. The quantitative estimate of drug-likeness (QED) is 0.758. The molecule has 2 fully saturated rings. The third-order valence-corrected chi connectivity index (χ3v) is 4.23. The van der Waals surface area contributed by atoms with Crippen LogP contribution >= 0.6 is 0 Å². The van der Waals surface area contributed by atoms with Crippen LogP contribution in [-0.4, -0.2) is 29.0 Å². The highest BCUT2D eigenvalue weighted by molar-refractivity contribution is 5.83. The van der Waals surface area contributed by atoms with Crippen molar-refractivity contribution in [3.05, 3.63) is 35.9 Å². The van der Waals surface area contributed by atoms with Crippen LogP contribution < -0.4 is 0 Å². The fourth-order valence-electron chi connectivity index (χ4n) is 3.00. The molecule has 0 spiro atoms. The standard InChI is InChI=1S/C15H20N2O/c1-15(2)9-11-16-10-8-13(17(16)14(15)18)12-6-4-3-5-7-12/h3-7,13H,8-11H2,1-2H3. The van der Waals surface area contributed by atoms with Gasteiger partial charge in [-0.1, -0.05) is 44.2 Å². The summed E-state index contributed by atoms with van der Waals surface area (Å²) in [7, 11) is 0. The Hall–Kier alpha value is -1.35. The number of hydrazine groups is 1. The second kappa shape index (κ2) is 4.09. The molecule has 96 valence electrons.